The maximum Gasteiger partial charge on any atom is 0.408 e. The van der Waals surface area contributed by atoms with Crippen LogP contribution in [0.25, 0.3) is 0 Å². The maximum atomic E-state index is 13.9. The Labute approximate surface area is 313 Å². The summed E-state index contributed by atoms with van der Waals surface area (Å²) in [6.07, 6.45) is -0.651. The number of nitrogens with one attached hydrogen (secondary N) is 3. The van der Waals surface area contributed by atoms with Gasteiger partial charge in [-0.1, -0.05) is 46.9 Å². The molecule has 3 atom stereocenters. The number of esters is 1. The molecule has 3 rings (SSSR count). The van der Waals surface area contributed by atoms with E-state index >= 15 is 0 Å². The van der Waals surface area contributed by atoms with Crippen LogP contribution in [0.15, 0.2) is 66.7 Å². The van der Waals surface area contributed by atoms with Gasteiger partial charge in [0, 0.05) is 20.8 Å². The third-order valence-electron chi connectivity index (χ3n) is 6.91. The number of carbonyl (C=O) groups is 4. The van der Waals surface area contributed by atoms with E-state index in [1.807, 2.05) is 40.8 Å². The molecule has 3 aromatic carbocycles. The Bertz CT molecular complexity index is 1580. The number of hydrogen-bond donors (Lipinski definition) is 3. The highest BCUT2D eigenvalue weighted by Crippen LogP contribution is 2.33. The summed E-state index contributed by atoms with van der Waals surface area (Å²) in [5, 5.41) is 8.11. The van der Waals surface area contributed by atoms with Crippen LogP contribution in [0.2, 0.25) is 0 Å². The van der Waals surface area contributed by atoms with Crippen LogP contribution in [0.1, 0.15) is 31.9 Å². The number of ether oxygens (including phenoxy) is 5. The van der Waals surface area contributed by atoms with Gasteiger partial charge in [-0.15, -0.1) is 0 Å². The molecular formula is C35H41I2N3O9. The molecule has 0 aromatic heterocycles. The van der Waals surface area contributed by atoms with Gasteiger partial charge in [0.15, 0.2) is 11.5 Å². The van der Waals surface area contributed by atoms with Crippen molar-refractivity contribution in [3.8, 4) is 23.0 Å². The molecule has 0 radical (unpaired) electrons. The molecule has 0 aliphatic rings. The van der Waals surface area contributed by atoms with E-state index in [0.717, 1.165) is 9.13 Å². The van der Waals surface area contributed by atoms with Crippen molar-refractivity contribution in [3.63, 3.8) is 0 Å². The highest BCUT2D eigenvalue weighted by Gasteiger charge is 2.31. The highest BCUT2D eigenvalue weighted by molar-refractivity contribution is 14.1. The molecule has 0 aliphatic heterocycles. The molecule has 12 nitrogen and oxygen atoms in total. The number of alkyl carbamates (subject to hydrolysis) is 1. The van der Waals surface area contributed by atoms with E-state index in [1.54, 1.807) is 83.5 Å². The van der Waals surface area contributed by atoms with Gasteiger partial charge in [0.1, 0.15) is 35.2 Å². The van der Waals surface area contributed by atoms with Crippen molar-refractivity contribution >= 4 is 69.1 Å². The zero-order valence-corrected chi connectivity index (χ0v) is 32.4. The molecule has 0 heterocycles. The Kier molecular flexibility index (Phi) is 15.2. The fourth-order valence-electron chi connectivity index (χ4n) is 4.50. The van der Waals surface area contributed by atoms with Gasteiger partial charge >= 0.3 is 12.1 Å². The summed E-state index contributed by atoms with van der Waals surface area (Å²) in [5.41, 5.74) is 0.604. The van der Waals surface area contributed by atoms with Gasteiger partial charge in [0.25, 0.3) is 0 Å². The molecule has 0 spiro atoms. The van der Waals surface area contributed by atoms with Crippen LogP contribution in [0.3, 0.4) is 0 Å². The average molecular weight is 902 g/mol. The average Bonchev–Trinajstić information content (AvgIpc) is 3.06. The normalized spacial score (nSPS) is 12.8. The first kappa shape index (κ1) is 39.6. The molecule has 0 fully saturated rings. The lowest BCUT2D eigenvalue weighted by atomic mass is 10.0. The summed E-state index contributed by atoms with van der Waals surface area (Å²) >= 11 is 4.15. The van der Waals surface area contributed by atoms with Crippen molar-refractivity contribution in [1.29, 1.82) is 0 Å². The van der Waals surface area contributed by atoms with Crippen molar-refractivity contribution in [1.82, 2.24) is 16.0 Å². The molecule has 0 saturated carbocycles. The Balaban J connectivity index is 1.87. The van der Waals surface area contributed by atoms with E-state index in [1.165, 1.54) is 7.11 Å². The minimum atomic E-state index is -1.13. The molecule has 0 saturated heterocycles. The standard InChI is InChI=1S/C35H41I2N3O9/c1-35(2,3)49-34(44)40-27(18-22-9-14-25(15-10-22)48-30-19-23(37)11-16-29(30)46-5)32(42)38-26(17-21-7-12-24(45-4)13-8-21)31(41)39-28(20-36)33(43)47-6/h7-16,19,26-28H,17-18,20H2,1-6H3,(H,38,42)(H,39,41)(H,40,44)/t26-,27-,28-/m0/s1. The predicted octanol–water partition coefficient (Wildman–Crippen LogP) is 5.36. The first-order chi connectivity index (χ1) is 23.2. The van der Waals surface area contributed by atoms with Gasteiger partial charge in [-0.25, -0.2) is 9.59 Å². The molecule has 264 valence electrons. The summed E-state index contributed by atoms with van der Waals surface area (Å²) in [5.74, 6) is 0.440. The molecule has 0 bridgehead atoms. The lowest BCUT2D eigenvalue weighted by Gasteiger charge is -2.26. The Hall–Kier alpha value is -3.80. The van der Waals surface area contributed by atoms with Crippen LogP contribution in [0.4, 0.5) is 4.79 Å². The number of benzene rings is 3. The Morgan fingerprint density at radius 2 is 1.22 bits per heavy atom. The largest absolute Gasteiger partial charge is 0.497 e. The predicted molar refractivity (Wildman–Crippen MR) is 201 cm³/mol. The number of alkyl halides is 1. The number of halogens is 2. The van der Waals surface area contributed by atoms with E-state index in [2.05, 4.69) is 38.5 Å². The topological polar surface area (TPSA) is 151 Å². The number of carbonyl (C=O) groups excluding carboxylic acids is 4. The SMILES string of the molecule is COC(=O)[C@H](CI)NC(=O)[C@H](Cc1ccc(OC)cc1)NC(=O)[C@H](Cc1ccc(Oc2cc(I)ccc2OC)cc1)NC(=O)OC(C)(C)C. The Morgan fingerprint density at radius 3 is 1.71 bits per heavy atom. The highest BCUT2D eigenvalue weighted by atomic mass is 127. The van der Waals surface area contributed by atoms with Crippen molar-refractivity contribution in [2.45, 2.75) is 57.3 Å². The number of amides is 3. The fourth-order valence-corrected chi connectivity index (χ4v) is 5.54. The van der Waals surface area contributed by atoms with Crippen molar-refractivity contribution in [2.24, 2.45) is 0 Å². The van der Waals surface area contributed by atoms with Crippen molar-refractivity contribution in [2.75, 3.05) is 25.8 Å². The van der Waals surface area contributed by atoms with Crippen LogP contribution in [0.5, 0.6) is 23.0 Å². The maximum absolute atomic E-state index is 13.9. The molecule has 0 aliphatic carbocycles. The number of methoxy groups -OCH3 is 3. The van der Waals surface area contributed by atoms with Crippen LogP contribution in [0, 0.1) is 3.57 Å². The zero-order chi connectivity index (χ0) is 36.1. The van der Waals surface area contributed by atoms with E-state index in [0.29, 0.717) is 28.6 Å². The monoisotopic (exact) mass is 901 g/mol. The first-order valence-electron chi connectivity index (χ1n) is 15.2. The van der Waals surface area contributed by atoms with E-state index in [9.17, 15) is 19.2 Å². The van der Waals surface area contributed by atoms with E-state index < -0.39 is 47.6 Å². The van der Waals surface area contributed by atoms with Crippen LogP contribution in [-0.4, -0.2) is 73.4 Å². The van der Waals surface area contributed by atoms with Gasteiger partial charge in [-0.05, 0) is 97.0 Å². The third-order valence-corrected chi connectivity index (χ3v) is 8.46. The third kappa shape index (κ3) is 12.9. The first-order valence-corrected chi connectivity index (χ1v) is 17.8. The second-order valence-corrected chi connectivity index (χ2v) is 13.9. The molecule has 3 aromatic rings. The minimum absolute atomic E-state index is 0.0628. The summed E-state index contributed by atoms with van der Waals surface area (Å²) < 4.78 is 28.2. The number of rotatable bonds is 15. The van der Waals surface area contributed by atoms with Gasteiger partial charge in [0.2, 0.25) is 11.8 Å². The molecular weight excluding hydrogens is 860 g/mol. The van der Waals surface area contributed by atoms with Crippen molar-refractivity contribution < 1.29 is 42.9 Å². The van der Waals surface area contributed by atoms with Crippen molar-refractivity contribution in [3.05, 3.63) is 81.4 Å². The fraction of sp³-hybridized carbons (Fsp3) is 0.371. The van der Waals surface area contributed by atoms with E-state index in [4.69, 9.17) is 23.7 Å². The van der Waals surface area contributed by atoms with Gasteiger partial charge in [-0.3, -0.25) is 9.59 Å². The van der Waals surface area contributed by atoms with Gasteiger partial charge in [0.05, 0.1) is 21.3 Å². The van der Waals surface area contributed by atoms with E-state index in [-0.39, 0.29) is 17.3 Å². The summed E-state index contributed by atoms with van der Waals surface area (Å²) in [4.78, 5) is 52.6. The molecule has 3 amide bonds. The van der Waals surface area contributed by atoms with Crippen LogP contribution >= 0.6 is 45.2 Å². The van der Waals surface area contributed by atoms with Crippen LogP contribution < -0.4 is 30.2 Å². The molecule has 3 N–H and O–H groups in total. The van der Waals surface area contributed by atoms with Crippen LogP contribution in [-0.2, 0) is 36.7 Å². The minimum Gasteiger partial charge on any atom is -0.497 e. The zero-order valence-electron chi connectivity index (χ0n) is 28.1. The lowest BCUT2D eigenvalue weighted by Crippen LogP contribution is -2.57. The smallest absolute Gasteiger partial charge is 0.408 e. The summed E-state index contributed by atoms with van der Waals surface area (Å²) in [6, 6.07) is 16.5. The number of hydrogen-bond acceptors (Lipinski definition) is 9. The van der Waals surface area contributed by atoms with Gasteiger partial charge < -0.3 is 39.6 Å². The summed E-state index contributed by atoms with van der Waals surface area (Å²) in [7, 11) is 4.34. The van der Waals surface area contributed by atoms with Gasteiger partial charge in [-0.2, -0.15) is 0 Å². The molecule has 14 heteroatoms. The lowest BCUT2D eigenvalue weighted by molar-refractivity contribution is -0.144. The Morgan fingerprint density at radius 1 is 0.694 bits per heavy atom. The summed E-state index contributed by atoms with van der Waals surface area (Å²) in [6.45, 7) is 5.13. The molecule has 49 heavy (non-hydrogen) atoms. The molecule has 0 unspecified atom stereocenters. The quantitative estimate of drug-likeness (QED) is 0.104. The second kappa shape index (κ2) is 18.8. The second-order valence-electron chi connectivity index (χ2n) is 11.8.